The van der Waals surface area contributed by atoms with Gasteiger partial charge in [0.25, 0.3) is 0 Å². The summed E-state index contributed by atoms with van der Waals surface area (Å²) < 4.78 is 26.3. The summed E-state index contributed by atoms with van der Waals surface area (Å²) in [4.78, 5) is 26.4. The van der Waals surface area contributed by atoms with Crippen LogP contribution in [0.5, 0.6) is 0 Å². The number of carbonyl (C=O) groups is 2. The van der Waals surface area contributed by atoms with E-state index >= 15 is 0 Å². The van der Waals surface area contributed by atoms with Crippen molar-refractivity contribution in [1.29, 1.82) is 0 Å². The van der Waals surface area contributed by atoms with Crippen LogP contribution in [0.3, 0.4) is 0 Å². The number of rotatable bonds is 8. The van der Waals surface area contributed by atoms with Crippen LogP contribution in [0.2, 0.25) is 0 Å². The van der Waals surface area contributed by atoms with Crippen molar-refractivity contribution in [1.82, 2.24) is 0 Å². The molecule has 0 bridgehead atoms. The number of hydrogen-bond donors (Lipinski definition) is 0. The second kappa shape index (κ2) is 9.29. The van der Waals surface area contributed by atoms with Gasteiger partial charge in [-0.05, 0) is 76.6 Å². The molecule has 1 aliphatic rings. The molecule has 0 radical (unpaired) electrons. The van der Waals surface area contributed by atoms with E-state index in [2.05, 4.69) is 12.1 Å². The van der Waals surface area contributed by atoms with E-state index < -0.39 is 15.3 Å². The fourth-order valence-electron chi connectivity index (χ4n) is 4.49. The fraction of sp³-hybridized carbons (Fsp3) is 0.440. The number of aryl methyl sites for hydroxylation is 2. The van der Waals surface area contributed by atoms with Crippen LogP contribution in [0.25, 0.3) is 0 Å². The highest BCUT2D eigenvalue weighted by Crippen LogP contribution is 2.49. The van der Waals surface area contributed by atoms with E-state index in [0.29, 0.717) is 23.5 Å². The summed E-state index contributed by atoms with van der Waals surface area (Å²) >= 11 is 1.66. The first-order valence-electron chi connectivity index (χ1n) is 10.5. The van der Waals surface area contributed by atoms with E-state index in [9.17, 15) is 18.0 Å². The smallest absolute Gasteiger partial charge is 0.178 e. The molecule has 1 fully saturated rings. The molecule has 3 rings (SSSR count). The lowest BCUT2D eigenvalue weighted by Gasteiger charge is -2.23. The van der Waals surface area contributed by atoms with Gasteiger partial charge < -0.3 is 0 Å². The quantitative estimate of drug-likeness (QED) is 0.408. The van der Waals surface area contributed by atoms with E-state index in [4.69, 9.17) is 0 Å². The van der Waals surface area contributed by atoms with Crippen molar-refractivity contribution in [3.05, 3.63) is 59.7 Å². The van der Waals surface area contributed by atoms with E-state index in [0.717, 1.165) is 10.5 Å². The average Bonchev–Trinajstić information content (AvgIpc) is 3.07. The third-order valence-corrected chi connectivity index (χ3v) is 9.59. The molecule has 31 heavy (non-hydrogen) atoms. The predicted molar refractivity (Wildman–Crippen MR) is 125 cm³/mol. The fourth-order valence-corrected chi connectivity index (χ4v) is 7.31. The van der Waals surface area contributed by atoms with E-state index in [1.54, 1.807) is 36.0 Å². The summed E-state index contributed by atoms with van der Waals surface area (Å²) in [5.41, 5.74) is 1.12. The molecule has 0 aliphatic heterocycles. The van der Waals surface area contributed by atoms with Gasteiger partial charge in [0, 0.05) is 10.6 Å². The number of hydrogen-bond acceptors (Lipinski definition) is 5. The summed E-state index contributed by atoms with van der Waals surface area (Å²) in [5, 5.41) is 0. The molecule has 0 N–H and O–H groups in total. The molecule has 0 saturated heterocycles. The van der Waals surface area contributed by atoms with Crippen molar-refractivity contribution >= 4 is 33.2 Å². The minimum Gasteiger partial charge on any atom is -0.299 e. The standard InChI is InChI=1S/C25H30O4S2/c1-17-5-9-23(10-6-17)30-15-21-13-25(19(3)26,20(4)27)14-22(21)16-31(28,29)24-11-7-18(2)8-12-24/h5-12,21-22H,13-16H2,1-4H3/t21-,22+/m1/s1. The molecule has 0 spiro atoms. The Labute approximate surface area is 189 Å². The Morgan fingerprint density at radius 2 is 1.35 bits per heavy atom. The molecule has 2 atom stereocenters. The molecule has 0 heterocycles. The molecule has 0 aromatic heterocycles. The molecular formula is C25H30O4S2. The Balaban J connectivity index is 1.85. The first-order chi connectivity index (χ1) is 14.5. The molecule has 0 amide bonds. The first kappa shape index (κ1) is 23.7. The van der Waals surface area contributed by atoms with Crippen LogP contribution < -0.4 is 0 Å². The SMILES string of the molecule is CC(=O)C1(C(C)=O)C[C@H](CSc2ccc(C)cc2)[C@H](CS(=O)(=O)c2ccc(C)cc2)C1. The molecule has 1 aliphatic carbocycles. The van der Waals surface area contributed by atoms with Crippen LogP contribution in [0.15, 0.2) is 58.3 Å². The Kier molecular flexibility index (Phi) is 7.11. The molecular weight excluding hydrogens is 428 g/mol. The zero-order valence-corrected chi connectivity index (χ0v) is 20.2. The maximum absolute atomic E-state index is 13.1. The second-order valence-corrected chi connectivity index (χ2v) is 12.0. The summed E-state index contributed by atoms with van der Waals surface area (Å²) in [5.74, 6) is 0.0641. The lowest BCUT2D eigenvalue weighted by atomic mass is 9.78. The average molecular weight is 459 g/mol. The summed E-state index contributed by atoms with van der Waals surface area (Å²) in [7, 11) is -3.52. The van der Waals surface area contributed by atoms with Crippen LogP contribution in [0.4, 0.5) is 0 Å². The molecule has 1 saturated carbocycles. The molecule has 2 aromatic carbocycles. The molecule has 166 valence electrons. The van der Waals surface area contributed by atoms with Gasteiger partial charge in [0.2, 0.25) is 0 Å². The Morgan fingerprint density at radius 3 is 1.87 bits per heavy atom. The van der Waals surface area contributed by atoms with Crippen molar-refractivity contribution in [2.45, 2.75) is 50.3 Å². The molecule has 2 aromatic rings. The number of Topliss-reactive ketones (excluding diaryl/α,β-unsaturated/α-hetero) is 2. The number of benzene rings is 2. The van der Waals surface area contributed by atoms with E-state index in [1.807, 2.05) is 26.0 Å². The van der Waals surface area contributed by atoms with Crippen LogP contribution in [0.1, 0.15) is 37.8 Å². The van der Waals surface area contributed by atoms with Gasteiger partial charge in [-0.2, -0.15) is 0 Å². The number of thioether (sulfide) groups is 1. The summed E-state index contributed by atoms with van der Waals surface area (Å²) in [6.07, 6.45) is 0.729. The van der Waals surface area contributed by atoms with Gasteiger partial charge in [0.05, 0.1) is 16.1 Å². The summed E-state index contributed by atoms with van der Waals surface area (Å²) in [6.45, 7) is 6.87. The minimum atomic E-state index is -3.52. The van der Waals surface area contributed by atoms with E-state index in [-0.39, 0.29) is 29.2 Å². The minimum absolute atomic E-state index is 0.0284. The third-order valence-electron chi connectivity index (χ3n) is 6.53. The number of ketones is 2. The Morgan fingerprint density at radius 1 is 0.871 bits per heavy atom. The van der Waals surface area contributed by atoms with Gasteiger partial charge in [-0.3, -0.25) is 9.59 Å². The Hall–Kier alpha value is -1.92. The van der Waals surface area contributed by atoms with Crippen molar-refractivity contribution < 1.29 is 18.0 Å². The van der Waals surface area contributed by atoms with Gasteiger partial charge in [-0.15, -0.1) is 11.8 Å². The zero-order valence-electron chi connectivity index (χ0n) is 18.6. The van der Waals surface area contributed by atoms with Crippen LogP contribution in [-0.4, -0.2) is 31.5 Å². The molecule has 0 unspecified atom stereocenters. The largest absolute Gasteiger partial charge is 0.299 e. The highest BCUT2D eigenvalue weighted by Gasteiger charge is 2.52. The highest BCUT2D eigenvalue weighted by molar-refractivity contribution is 7.99. The van der Waals surface area contributed by atoms with Crippen LogP contribution in [-0.2, 0) is 19.4 Å². The lowest BCUT2D eigenvalue weighted by molar-refractivity contribution is -0.138. The number of sulfone groups is 1. The third kappa shape index (κ3) is 5.29. The van der Waals surface area contributed by atoms with Crippen molar-refractivity contribution in [3.63, 3.8) is 0 Å². The molecule has 6 heteroatoms. The van der Waals surface area contributed by atoms with Crippen molar-refractivity contribution in [2.75, 3.05) is 11.5 Å². The monoisotopic (exact) mass is 458 g/mol. The van der Waals surface area contributed by atoms with Crippen LogP contribution in [0, 0.1) is 31.1 Å². The van der Waals surface area contributed by atoms with Crippen LogP contribution >= 0.6 is 11.8 Å². The Bertz CT molecular complexity index is 1040. The predicted octanol–water partition coefficient (Wildman–Crippen LogP) is 5.06. The van der Waals surface area contributed by atoms with E-state index in [1.165, 1.54) is 19.4 Å². The zero-order chi connectivity index (χ0) is 22.8. The van der Waals surface area contributed by atoms with Crippen molar-refractivity contribution in [3.8, 4) is 0 Å². The van der Waals surface area contributed by atoms with Crippen molar-refractivity contribution in [2.24, 2.45) is 17.3 Å². The van der Waals surface area contributed by atoms with Gasteiger partial charge in [-0.1, -0.05) is 35.4 Å². The normalized spacial score (nSPS) is 20.5. The summed E-state index contributed by atoms with van der Waals surface area (Å²) in [6, 6.07) is 15.1. The highest BCUT2D eigenvalue weighted by atomic mass is 32.2. The molecule has 4 nitrogen and oxygen atoms in total. The number of carbonyl (C=O) groups excluding carboxylic acids is 2. The maximum Gasteiger partial charge on any atom is 0.178 e. The van der Waals surface area contributed by atoms with Gasteiger partial charge in [0.1, 0.15) is 11.6 Å². The van der Waals surface area contributed by atoms with Gasteiger partial charge in [0.15, 0.2) is 9.84 Å². The topological polar surface area (TPSA) is 68.3 Å². The first-order valence-corrected chi connectivity index (χ1v) is 13.2. The van der Waals surface area contributed by atoms with Gasteiger partial charge >= 0.3 is 0 Å². The lowest BCUT2D eigenvalue weighted by Crippen LogP contribution is -2.34. The maximum atomic E-state index is 13.1. The second-order valence-electron chi connectivity index (χ2n) is 8.84. The van der Waals surface area contributed by atoms with Gasteiger partial charge in [-0.25, -0.2) is 8.42 Å².